The molecule has 5 nitrogen and oxygen atoms in total. The van der Waals surface area contributed by atoms with Crippen LogP contribution in [-0.2, 0) is 24.1 Å². The van der Waals surface area contributed by atoms with Crippen LogP contribution in [0, 0.1) is 11.3 Å². The Labute approximate surface area is 185 Å². The number of carbonyl (C=O) groups excluding carboxylic acids is 1. The number of carbonyl (C=O) groups is 1. The van der Waals surface area contributed by atoms with Gasteiger partial charge in [-0.2, -0.15) is 5.26 Å². The molecular formula is C26H32N4O. The second-order valence-corrected chi connectivity index (χ2v) is 8.06. The van der Waals surface area contributed by atoms with Crippen molar-refractivity contribution in [2.24, 2.45) is 0 Å². The lowest BCUT2D eigenvalue weighted by molar-refractivity contribution is -0.117. The van der Waals surface area contributed by atoms with Crippen molar-refractivity contribution < 1.29 is 4.79 Å². The quantitative estimate of drug-likeness (QED) is 0.483. The van der Waals surface area contributed by atoms with Crippen molar-refractivity contribution in [2.45, 2.75) is 58.4 Å². The fourth-order valence-corrected chi connectivity index (χ4v) is 4.08. The predicted molar refractivity (Wildman–Crippen MR) is 123 cm³/mol. The number of nitrogens with zero attached hydrogens (tertiary/aromatic N) is 3. The molecule has 0 bridgehead atoms. The molecule has 5 heteroatoms. The average molecular weight is 417 g/mol. The van der Waals surface area contributed by atoms with E-state index in [4.69, 9.17) is 0 Å². The molecule has 31 heavy (non-hydrogen) atoms. The largest absolute Gasteiger partial charge is 0.376 e. The van der Waals surface area contributed by atoms with Crippen LogP contribution in [0.2, 0.25) is 0 Å². The first-order chi connectivity index (χ1) is 15.1. The van der Waals surface area contributed by atoms with Crippen molar-refractivity contribution >= 4 is 5.91 Å². The Bertz CT molecular complexity index is 946. The Balaban J connectivity index is 1.67. The van der Waals surface area contributed by atoms with E-state index < -0.39 is 0 Å². The minimum atomic E-state index is -0.311. The second kappa shape index (κ2) is 11.3. The Morgan fingerprint density at radius 2 is 1.94 bits per heavy atom. The number of hydrogen-bond acceptors (Lipinski definition) is 4. The van der Waals surface area contributed by atoms with E-state index in [0.717, 1.165) is 44.3 Å². The van der Waals surface area contributed by atoms with Crippen molar-refractivity contribution in [3.05, 3.63) is 76.8 Å². The van der Waals surface area contributed by atoms with Gasteiger partial charge in [0, 0.05) is 31.7 Å². The van der Waals surface area contributed by atoms with Crippen LogP contribution in [0.3, 0.4) is 0 Å². The number of aromatic nitrogens is 1. The van der Waals surface area contributed by atoms with Crippen LogP contribution in [-0.4, -0.2) is 28.9 Å². The van der Waals surface area contributed by atoms with Crippen molar-refractivity contribution in [2.75, 3.05) is 13.1 Å². The molecule has 162 valence electrons. The highest BCUT2D eigenvalue weighted by Crippen LogP contribution is 2.26. The molecular weight excluding hydrogens is 384 g/mol. The zero-order valence-corrected chi connectivity index (χ0v) is 18.6. The SMILES string of the molecule is CCC(NC(=O)/C(C#N)=C\N(CC)CCc1ccncc1)c1ccc2c(c1)CCCC2. The normalized spacial score (nSPS) is 14.3. The van der Waals surface area contributed by atoms with E-state index in [9.17, 15) is 10.1 Å². The first-order valence-corrected chi connectivity index (χ1v) is 11.3. The van der Waals surface area contributed by atoms with Crippen LogP contribution < -0.4 is 5.32 Å². The monoisotopic (exact) mass is 416 g/mol. The molecule has 0 radical (unpaired) electrons. The molecule has 1 aliphatic rings. The van der Waals surface area contributed by atoms with Crippen LogP contribution in [0.4, 0.5) is 0 Å². The Morgan fingerprint density at radius 3 is 2.61 bits per heavy atom. The van der Waals surface area contributed by atoms with Gasteiger partial charge in [0.1, 0.15) is 11.6 Å². The summed E-state index contributed by atoms with van der Waals surface area (Å²) in [5.74, 6) is -0.311. The minimum absolute atomic E-state index is 0.0941. The molecule has 1 aliphatic carbocycles. The predicted octanol–water partition coefficient (Wildman–Crippen LogP) is 4.50. The third-order valence-corrected chi connectivity index (χ3v) is 6.01. The lowest BCUT2D eigenvalue weighted by Crippen LogP contribution is -2.31. The molecule has 1 aromatic carbocycles. The van der Waals surface area contributed by atoms with E-state index in [-0.39, 0.29) is 17.5 Å². The molecule has 1 atom stereocenters. The van der Waals surface area contributed by atoms with Crippen molar-refractivity contribution in [3.8, 4) is 6.07 Å². The fourth-order valence-electron chi connectivity index (χ4n) is 4.08. The lowest BCUT2D eigenvalue weighted by atomic mass is 9.88. The van der Waals surface area contributed by atoms with Gasteiger partial charge in [0.15, 0.2) is 0 Å². The van der Waals surface area contributed by atoms with Crippen LogP contribution in [0.1, 0.15) is 61.4 Å². The highest BCUT2D eigenvalue weighted by atomic mass is 16.1. The van der Waals surface area contributed by atoms with Crippen molar-refractivity contribution in [3.63, 3.8) is 0 Å². The maximum Gasteiger partial charge on any atom is 0.263 e. The van der Waals surface area contributed by atoms with Gasteiger partial charge in [-0.3, -0.25) is 9.78 Å². The number of likely N-dealkylation sites (N-methyl/N-ethyl adjacent to an activating group) is 1. The molecule has 0 saturated heterocycles. The summed E-state index contributed by atoms with van der Waals surface area (Å²) in [5.41, 5.74) is 5.29. The summed E-state index contributed by atoms with van der Waals surface area (Å²) in [6.07, 6.45) is 11.6. The summed E-state index contributed by atoms with van der Waals surface area (Å²) in [7, 11) is 0. The number of nitriles is 1. The van der Waals surface area contributed by atoms with Crippen LogP contribution in [0.25, 0.3) is 0 Å². The molecule has 1 unspecified atom stereocenters. The van der Waals surface area contributed by atoms with Gasteiger partial charge in [0.25, 0.3) is 5.91 Å². The molecule has 1 aromatic heterocycles. The third kappa shape index (κ3) is 6.18. The Kier molecular flexibility index (Phi) is 8.23. The number of nitrogens with one attached hydrogen (secondary N) is 1. The summed E-state index contributed by atoms with van der Waals surface area (Å²) < 4.78 is 0. The maximum atomic E-state index is 12.9. The number of benzene rings is 1. The lowest BCUT2D eigenvalue weighted by Gasteiger charge is -2.22. The number of hydrogen-bond donors (Lipinski definition) is 1. The standard InChI is InChI=1S/C26H32N4O/c1-3-25(23-10-9-21-7-5-6-8-22(21)17-23)29-26(31)24(18-27)19-30(4-2)16-13-20-11-14-28-15-12-20/h9-12,14-15,17,19,25H,3-8,13,16H2,1-2H3,(H,29,31)/b24-19-. The summed E-state index contributed by atoms with van der Waals surface area (Å²) in [6, 6.07) is 12.5. The molecule has 0 saturated carbocycles. The summed E-state index contributed by atoms with van der Waals surface area (Å²) in [4.78, 5) is 18.9. The van der Waals surface area contributed by atoms with Gasteiger partial charge in [-0.1, -0.05) is 25.1 Å². The maximum absolute atomic E-state index is 12.9. The average Bonchev–Trinajstić information content (AvgIpc) is 2.83. The molecule has 1 N–H and O–H groups in total. The molecule has 1 amide bonds. The summed E-state index contributed by atoms with van der Waals surface area (Å²) >= 11 is 0. The van der Waals surface area contributed by atoms with E-state index in [0.29, 0.717) is 0 Å². The zero-order chi connectivity index (χ0) is 22.1. The highest BCUT2D eigenvalue weighted by molar-refractivity contribution is 5.97. The molecule has 1 heterocycles. The third-order valence-electron chi connectivity index (χ3n) is 6.01. The van der Waals surface area contributed by atoms with E-state index >= 15 is 0 Å². The fraction of sp³-hybridized carbons (Fsp3) is 0.423. The van der Waals surface area contributed by atoms with Gasteiger partial charge >= 0.3 is 0 Å². The summed E-state index contributed by atoms with van der Waals surface area (Å²) in [5, 5.41) is 12.7. The number of aryl methyl sites for hydroxylation is 2. The topological polar surface area (TPSA) is 69.0 Å². The van der Waals surface area contributed by atoms with Gasteiger partial charge in [0.2, 0.25) is 0 Å². The molecule has 2 aromatic rings. The van der Waals surface area contributed by atoms with Gasteiger partial charge in [0.05, 0.1) is 6.04 Å². The van der Waals surface area contributed by atoms with Crippen LogP contribution >= 0.6 is 0 Å². The molecule has 3 rings (SSSR count). The van der Waals surface area contributed by atoms with Gasteiger partial charge in [-0.15, -0.1) is 0 Å². The Hall–Kier alpha value is -3.13. The molecule has 0 spiro atoms. The smallest absolute Gasteiger partial charge is 0.263 e. The first-order valence-electron chi connectivity index (χ1n) is 11.3. The number of amides is 1. The summed E-state index contributed by atoms with van der Waals surface area (Å²) in [6.45, 7) is 5.55. The minimum Gasteiger partial charge on any atom is -0.376 e. The van der Waals surface area contributed by atoms with Gasteiger partial charge < -0.3 is 10.2 Å². The Morgan fingerprint density at radius 1 is 1.19 bits per heavy atom. The zero-order valence-electron chi connectivity index (χ0n) is 18.6. The second-order valence-electron chi connectivity index (χ2n) is 8.06. The van der Waals surface area contributed by atoms with Gasteiger partial charge in [-0.25, -0.2) is 0 Å². The van der Waals surface area contributed by atoms with Gasteiger partial charge in [-0.05, 0) is 79.8 Å². The number of rotatable bonds is 9. The van der Waals surface area contributed by atoms with E-state index in [1.165, 1.54) is 29.5 Å². The van der Waals surface area contributed by atoms with Crippen LogP contribution in [0.5, 0.6) is 0 Å². The van der Waals surface area contributed by atoms with Crippen LogP contribution in [0.15, 0.2) is 54.5 Å². The van der Waals surface area contributed by atoms with Crippen molar-refractivity contribution in [1.82, 2.24) is 15.2 Å². The van der Waals surface area contributed by atoms with E-state index in [1.807, 2.05) is 24.0 Å². The van der Waals surface area contributed by atoms with E-state index in [2.05, 4.69) is 41.5 Å². The number of fused-ring (bicyclic) bond motifs is 1. The number of pyridine rings is 1. The van der Waals surface area contributed by atoms with Crippen molar-refractivity contribution in [1.29, 1.82) is 5.26 Å². The molecule has 0 aliphatic heterocycles. The highest BCUT2D eigenvalue weighted by Gasteiger charge is 2.19. The first kappa shape index (κ1) is 22.6. The van der Waals surface area contributed by atoms with E-state index in [1.54, 1.807) is 18.6 Å². The molecule has 0 fully saturated rings.